The summed E-state index contributed by atoms with van der Waals surface area (Å²) in [6.45, 7) is 6.47. The van der Waals surface area contributed by atoms with E-state index in [0.717, 1.165) is 23.4 Å². The number of nitrogens with zero attached hydrogens (tertiary/aromatic N) is 3. The molecule has 1 aliphatic rings. The number of anilines is 1. The summed E-state index contributed by atoms with van der Waals surface area (Å²) < 4.78 is 40.7. The maximum Gasteiger partial charge on any atom is 0.409 e. The van der Waals surface area contributed by atoms with Crippen molar-refractivity contribution in [2.45, 2.75) is 26.2 Å². The maximum atomic E-state index is 12.2. The van der Waals surface area contributed by atoms with Gasteiger partial charge in [0.1, 0.15) is 19.0 Å². The molecule has 0 radical (unpaired) electrons. The Morgan fingerprint density at radius 2 is 1.74 bits per heavy atom. The van der Waals surface area contributed by atoms with Crippen molar-refractivity contribution in [1.29, 1.82) is 0 Å². The predicted octanol–water partition coefficient (Wildman–Crippen LogP) is 2.59. The minimum absolute atomic E-state index is 0.0363. The summed E-state index contributed by atoms with van der Waals surface area (Å²) >= 11 is 0. The highest BCUT2D eigenvalue weighted by molar-refractivity contribution is 7.86. The van der Waals surface area contributed by atoms with E-state index in [-0.39, 0.29) is 25.0 Å². The van der Waals surface area contributed by atoms with Gasteiger partial charge in [0, 0.05) is 32.4 Å². The Labute approximate surface area is 233 Å². The van der Waals surface area contributed by atoms with Gasteiger partial charge < -0.3 is 19.3 Å². The Morgan fingerprint density at radius 3 is 2.36 bits per heavy atom. The van der Waals surface area contributed by atoms with Gasteiger partial charge >= 0.3 is 7.05 Å². The zero-order valence-corrected chi connectivity index (χ0v) is 24.1. The second-order valence-corrected chi connectivity index (χ2v) is 11.3. The summed E-state index contributed by atoms with van der Waals surface area (Å²) in [7, 11) is -0.369. The Balaban J connectivity index is 1.33. The van der Waals surface area contributed by atoms with Crippen molar-refractivity contribution >= 4 is 35.0 Å². The van der Waals surface area contributed by atoms with Crippen molar-refractivity contribution in [3.8, 4) is 5.75 Å². The third kappa shape index (κ3) is 10.6. The minimum atomic E-state index is -3.62. The summed E-state index contributed by atoms with van der Waals surface area (Å²) in [6, 6.07) is 15.7. The second-order valence-electron chi connectivity index (χ2n) is 9.49. The zero-order valence-electron chi connectivity index (χ0n) is 23.3. The molecule has 3 rings (SSSR count). The fourth-order valence-electron chi connectivity index (χ4n) is 4.00. The first-order chi connectivity index (χ1) is 18.7. The van der Waals surface area contributed by atoms with Crippen molar-refractivity contribution in [3.05, 3.63) is 59.7 Å². The van der Waals surface area contributed by atoms with Crippen LogP contribution in [0.1, 0.15) is 24.5 Å². The van der Waals surface area contributed by atoms with Crippen LogP contribution in [0.25, 0.3) is 12.2 Å². The lowest BCUT2D eigenvalue weighted by molar-refractivity contribution is 0.0755. The molecule has 10 nitrogen and oxygen atoms in total. The molecule has 0 amide bonds. The van der Waals surface area contributed by atoms with Gasteiger partial charge in [-0.05, 0) is 62.6 Å². The molecule has 1 unspecified atom stereocenters. The summed E-state index contributed by atoms with van der Waals surface area (Å²) in [6.07, 6.45) is 4.48. The number of ether oxygens (including phenoxy) is 2. The fourth-order valence-corrected chi connectivity index (χ4v) is 4.92. The molecule has 1 heterocycles. The molecule has 12 heteroatoms. The summed E-state index contributed by atoms with van der Waals surface area (Å²) in [4.78, 5) is 1.79. The Kier molecular flexibility index (Phi) is 12.3. The Morgan fingerprint density at radius 1 is 1.10 bits per heavy atom. The van der Waals surface area contributed by atoms with E-state index >= 15 is 0 Å². The van der Waals surface area contributed by atoms with Gasteiger partial charge in [0.05, 0.1) is 18.4 Å². The lowest BCUT2D eigenvalue weighted by Crippen LogP contribution is -2.40. The molecular weight excluding hydrogens is 519 g/mol. The quantitative estimate of drug-likeness (QED) is 0.138. The molecule has 214 valence electrons. The average Bonchev–Trinajstić information content (AvgIpc) is 3.27. The molecule has 1 aliphatic heterocycles. The number of hydrogen-bond acceptors (Lipinski definition) is 10. The van der Waals surface area contributed by atoms with Gasteiger partial charge in [-0.3, -0.25) is 4.18 Å². The van der Waals surface area contributed by atoms with Crippen LogP contribution < -0.4 is 15.1 Å². The largest absolute Gasteiger partial charge is 0.491 e. The molecular formula is C27H41BN4O6S. The molecule has 0 spiro atoms. The summed E-state index contributed by atoms with van der Waals surface area (Å²) in [5.41, 5.74) is 6.22. The molecule has 2 aromatic carbocycles. The highest BCUT2D eigenvalue weighted by Gasteiger charge is 2.27. The van der Waals surface area contributed by atoms with Crippen LogP contribution in [0.3, 0.4) is 0 Å². The lowest BCUT2D eigenvalue weighted by Gasteiger charge is -2.19. The van der Waals surface area contributed by atoms with Crippen LogP contribution in [0.15, 0.2) is 48.5 Å². The molecule has 1 fully saturated rings. The number of nitrogens with one attached hydrogen (secondary N) is 1. The van der Waals surface area contributed by atoms with Crippen molar-refractivity contribution in [1.82, 2.24) is 15.6 Å². The summed E-state index contributed by atoms with van der Waals surface area (Å²) in [5.74, 6) is 0.593. The lowest BCUT2D eigenvalue weighted by atomic mass is 9.85. The van der Waals surface area contributed by atoms with Crippen molar-refractivity contribution in [3.63, 3.8) is 0 Å². The van der Waals surface area contributed by atoms with Crippen molar-refractivity contribution < 1.29 is 27.1 Å². The molecule has 1 saturated heterocycles. The molecule has 0 aromatic heterocycles. The van der Waals surface area contributed by atoms with Gasteiger partial charge in [-0.25, -0.2) is 10.0 Å². The number of hydrazine groups is 2. The van der Waals surface area contributed by atoms with E-state index in [9.17, 15) is 13.4 Å². The molecule has 0 bridgehead atoms. The first kappa shape index (κ1) is 31.1. The van der Waals surface area contributed by atoms with Crippen LogP contribution in [-0.2, 0) is 19.0 Å². The first-order valence-corrected chi connectivity index (χ1v) is 14.9. The fraction of sp³-hybridized carbons (Fsp3) is 0.481. The minimum Gasteiger partial charge on any atom is -0.491 e. The number of hydrogen-bond donors (Lipinski definition) is 2. The van der Waals surface area contributed by atoms with Gasteiger partial charge in [-0.1, -0.05) is 36.4 Å². The van der Waals surface area contributed by atoms with Crippen LogP contribution in [0.4, 0.5) is 5.69 Å². The molecule has 39 heavy (non-hydrogen) atoms. The van der Waals surface area contributed by atoms with Gasteiger partial charge in [-0.15, -0.1) is 0 Å². The van der Waals surface area contributed by atoms with E-state index in [0.29, 0.717) is 31.9 Å². The maximum absolute atomic E-state index is 12.2. The molecule has 2 N–H and O–H groups in total. The van der Waals surface area contributed by atoms with E-state index < -0.39 is 17.2 Å². The van der Waals surface area contributed by atoms with Crippen LogP contribution in [-0.4, -0.2) is 95.9 Å². The average molecular weight is 561 g/mol. The van der Waals surface area contributed by atoms with E-state index in [2.05, 4.69) is 5.53 Å². The van der Waals surface area contributed by atoms with Crippen molar-refractivity contribution in [2.24, 2.45) is 0 Å². The number of benzene rings is 2. The summed E-state index contributed by atoms with van der Waals surface area (Å²) in [5, 5.41) is 13.7. The monoisotopic (exact) mass is 560 g/mol. The normalized spacial score (nSPS) is 16.7. The van der Waals surface area contributed by atoms with E-state index in [1.807, 2.05) is 91.7 Å². The second kappa shape index (κ2) is 15.4. The van der Waals surface area contributed by atoms with E-state index in [1.54, 1.807) is 11.6 Å². The smallest absolute Gasteiger partial charge is 0.409 e. The van der Waals surface area contributed by atoms with Crippen LogP contribution in [0, 0.1) is 0 Å². The number of likely N-dealkylation sites (N-methyl/N-ethyl adjacent to an activating group) is 1. The molecule has 0 aliphatic carbocycles. The van der Waals surface area contributed by atoms with Gasteiger partial charge in [0.25, 0.3) is 10.1 Å². The van der Waals surface area contributed by atoms with Crippen LogP contribution >= 0.6 is 0 Å². The topological polar surface area (TPSA) is 104 Å². The Hall–Kier alpha value is -2.45. The van der Waals surface area contributed by atoms with E-state index in [4.69, 9.17) is 13.7 Å². The highest BCUT2D eigenvalue weighted by atomic mass is 32.2. The molecule has 0 saturated carbocycles. The Bertz CT molecular complexity index is 1130. The third-order valence-electron chi connectivity index (χ3n) is 6.44. The van der Waals surface area contributed by atoms with Crippen LogP contribution in [0.2, 0.25) is 6.82 Å². The van der Waals surface area contributed by atoms with Gasteiger partial charge in [0.2, 0.25) is 0 Å². The third-order valence-corrected chi connectivity index (χ3v) is 7.75. The van der Waals surface area contributed by atoms with Crippen molar-refractivity contribution in [2.75, 3.05) is 64.2 Å². The van der Waals surface area contributed by atoms with E-state index in [1.165, 1.54) is 0 Å². The predicted molar refractivity (Wildman–Crippen MR) is 157 cm³/mol. The molecule has 2 aromatic rings. The molecule has 1 atom stereocenters. The standard InChI is InChI=1S/C27H41BN4O6S/c1-5-36-22-26-21-32(29-31(26)4)17-6-20-39(34,35)38-19-18-37-27-15-11-24(12-16-27)8-7-23-9-13-25(14-10-23)30(3)28(2)33/h7-16,26,29,33H,5-6,17-22H2,1-4H3/b8-7+. The van der Waals surface area contributed by atoms with Crippen LogP contribution in [0.5, 0.6) is 5.75 Å². The number of rotatable bonds is 16. The first-order valence-electron chi connectivity index (χ1n) is 13.3. The van der Waals surface area contributed by atoms with Gasteiger partial charge in [-0.2, -0.15) is 14.0 Å². The SMILES string of the molecule is CCOCC1CN(CCCS(=O)(=O)OCCOc2ccc(/C=C/c3ccc(N(C)B(C)O)cc3)cc2)NN1C. The van der Waals surface area contributed by atoms with Gasteiger partial charge in [0.15, 0.2) is 0 Å². The zero-order chi connectivity index (χ0) is 28.3. The highest BCUT2D eigenvalue weighted by Crippen LogP contribution is 2.18.